The number of hydrogen-bond acceptors (Lipinski definition) is 3. The van der Waals surface area contributed by atoms with Crippen molar-refractivity contribution in [3.8, 4) is 22.7 Å². The van der Waals surface area contributed by atoms with Crippen LogP contribution in [0.15, 0.2) is 78.9 Å². The number of carboxylic acids is 1. The van der Waals surface area contributed by atoms with Crippen LogP contribution >= 0.6 is 11.6 Å². The zero-order valence-electron chi connectivity index (χ0n) is 17.8. The van der Waals surface area contributed by atoms with Crippen molar-refractivity contribution in [3.05, 3.63) is 101 Å². The summed E-state index contributed by atoms with van der Waals surface area (Å²) in [6.07, 6.45) is 0.280. The Hall–Kier alpha value is -3.57. The third kappa shape index (κ3) is 4.68. The van der Waals surface area contributed by atoms with Gasteiger partial charge in [-0.1, -0.05) is 53.6 Å². The summed E-state index contributed by atoms with van der Waals surface area (Å²) in [6.45, 7) is 1.96. The fraction of sp³-hybridized carbons (Fsp3) is 0.154. The predicted molar refractivity (Wildman–Crippen MR) is 126 cm³/mol. The molecule has 0 aliphatic rings. The van der Waals surface area contributed by atoms with Crippen LogP contribution in [0.25, 0.3) is 16.9 Å². The van der Waals surface area contributed by atoms with Gasteiger partial charge in [0.25, 0.3) is 0 Å². The van der Waals surface area contributed by atoms with Gasteiger partial charge in [0.1, 0.15) is 5.75 Å². The highest BCUT2D eigenvalue weighted by Crippen LogP contribution is 2.29. The number of aryl methyl sites for hydroxylation is 1. The molecule has 0 fully saturated rings. The van der Waals surface area contributed by atoms with Crippen LogP contribution < -0.4 is 4.74 Å². The number of nitrogens with zero attached hydrogens (tertiary/aromatic N) is 2. The Balaban J connectivity index is 1.77. The minimum atomic E-state index is -0.873. The minimum Gasteiger partial charge on any atom is -0.497 e. The second-order valence-electron chi connectivity index (χ2n) is 7.65. The number of aromatic nitrogens is 2. The number of aliphatic carboxylic acids is 1. The zero-order chi connectivity index (χ0) is 22.7. The second kappa shape index (κ2) is 9.28. The lowest BCUT2D eigenvalue weighted by molar-refractivity contribution is -0.138. The molecule has 0 radical (unpaired) electrons. The Labute approximate surface area is 191 Å². The highest BCUT2D eigenvalue weighted by atomic mass is 35.5. The molecule has 0 aliphatic carbocycles. The third-order valence-electron chi connectivity index (χ3n) is 5.37. The molecule has 3 aromatic carbocycles. The summed E-state index contributed by atoms with van der Waals surface area (Å²) in [6, 6.07) is 24.7. The van der Waals surface area contributed by atoms with Crippen LogP contribution in [0.5, 0.6) is 5.75 Å². The summed E-state index contributed by atoms with van der Waals surface area (Å²) < 4.78 is 7.09. The average Bonchev–Trinajstić information content (AvgIpc) is 3.22. The quantitative estimate of drug-likeness (QED) is 0.382. The van der Waals surface area contributed by atoms with Crippen molar-refractivity contribution >= 4 is 17.6 Å². The van der Waals surface area contributed by atoms with Gasteiger partial charge < -0.3 is 9.84 Å². The standard InChI is InChI=1S/C26H23ClN2O3/c1-17-4-3-5-19(14-17)24(26(30)31)15-21-16-25(18-6-8-20(27)9-7-18)29(28-21)22-10-12-23(32-2)13-11-22/h3-14,16,24H,15H2,1-2H3,(H,30,31). The molecule has 0 aliphatic heterocycles. The van der Waals surface area contributed by atoms with Gasteiger partial charge in [0.05, 0.1) is 30.1 Å². The molecular weight excluding hydrogens is 424 g/mol. The Morgan fingerprint density at radius 1 is 1.06 bits per heavy atom. The molecule has 32 heavy (non-hydrogen) atoms. The van der Waals surface area contributed by atoms with E-state index >= 15 is 0 Å². The van der Waals surface area contributed by atoms with E-state index < -0.39 is 11.9 Å². The van der Waals surface area contributed by atoms with Gasteiger partial charge in [-0.25, -0.2) is 4.68 Å². The van der Waals surface area contributed by atoms with E-state index in [0.717, 1.165) is 33.8 Å². The predicted octanol–water partition coefficient (Wildman–Crippen LogP) is 5.92. The molecule has 1 unspecified atom stereocenters. The smallest absolute Gasteiger partial charge is 0.311 e. The molecule has 0 bridgehead atoms. The number of methoxy groups -OCH3 is 1. The van der Waals surface area contributed by atoms with Gasteiger partial charge in [0.15, 0.2) is 0 Å². The molecule has 1 atom stereocenters. The zero-order valence-corrected chi connectivity index (χ0v) is 18.6. The van der Waals surface area contributed by atoms with Crippen LogP contribution in [0, 0.1) is 6.92 Å². The maximum atomic E-state index is 12.1. The molecule has 5 nitrogen and oxygen atoms in total. The van der Waals surface area contributed by atoms with Crippen molar-refractivity contribution in [2.75, 3.05) is 7.11 Å². The Morgan fingerprint density at radius 3 is 2.41 bits per heavy atom. The van der Waals surface area contributed by atoms with Gasteiger partial charge in [-0.15, -0.1) is 0 Å². The number of halogens is 1. The molecule has 0 saturated carbocycles. The Bertz CT molecular complexity index is 1230. The molecule has 0 saturated heterocycles. The van der Waals surface area contributed by atoms with Crippen molar-refractivity contribution in [1.29, 1.82) is 0 Å². The van der Waals surface area contributed by atoms with Gasteiger partial charge in [-0.3, -0.25) is 4.79 Å². The van der Waals surface area contributed by atoms with Crippen molar-refractivity contribution in [3.63, 3.8) is 0 Å². The average molecular weight is 447 g/mol. The lowest BCUT2D eigenvalue weighted by atomic mass is 9.93. The number of benzene rings is 3. The third-order valence-corrected chi connectivity index (χ3v) is 5.62. The van der Waals surface area contributed by atoms with Crippen LogP contribution in [-0.4, -0.2) is 28.0 Å². The molecule has 0 spiro atoms. The summed E-state index contributed by atoms with van der Waals surface area (Å²) in [5, 5.41) is 15.3. The summed E-state index contributed by atoms with van der Waals surface area (Å²) in [5.74, 6) is -0.811. The van der Waals surface area contributed by atoms with Crippen LogP contribution in [0.4, 0.5) is 0 Å². The topological polar surface area (TPSA) is 64.4 Å². The van der Waals surface area contributed by atoms with Crippen molar-refractivity contribution in [1.82, 2.24) is 9.78 Å². The number of carboxylic acid groups (broad SMARTS) is 1. The summed E-state index contributed by atoms with van der Waals surface area (Å²) in [4.78, 5) is 12.1. The van der Waals surface area contributed by atoms with Crippen molar-refractivity contribution in [2.24, 2.45) is 0 Å². The summed E-state index contributed by atoms with van der Waals surface area (Å²) >= 11 is 6.08. The summed E-state index contributed by atoms with van der Waals surface area (Å²) in [5.41, 5.74) is 5.13. The van der Waals surface area contributed by atoms with Crippen LogP contribution in [0.1, 0.15) is 22.7 Å². The first kappa shape index (κ1) is 21.7. The number of ether oxygens (including phenoxy) is 1. The monoisotopic (exact) mass is 446 g/mol. The normalized spacial score (nSPS) is 11.8. The first-order chi connectivity index (χ1) is 15.4. The molecule has 1 heterocycles. The van der Waals surface area contributed by atoms with E-state index in [0.29, 0.717) is 10.7 Å². The van der Waals surface area contributed by atoms with Gasteiger partial charge in [-0.05, 0) is 55.0 Å². The SMILES string of the molecule is COc1ccc(-n2nc(CC(C(=O)O)c3cccc(C)c3)cc2-c2ccc(Cl)cc2)cc1. The van der Waals surface area contributed by atoms with E-state index in [1.807, 2.05) is 90.5 Å². The molecule has 4 rings (SSSR count). The Kier molecular flexibility index (Phi) is 6.28. The molecule has 0 amide bonds. The number of hydrogen-bond donors (Lipinski definition) is 1. The first-order valence-corrected chi connectivity index (χ1v) is 10.6. The van der Waals surface area contributed by atoms with Crippen molar-refractivity contribution < 1.29 is 14.6 Å². The molecule has 162 valence electrons. The van der Waals surface area contributed by atoms with E-state index in [1.54, 1.807) is 7.11 Å². The maximum absolute atomic E-state index is 12.1. The van der Waals surface area contributed by atoms with Gasteiger partial charge in [-0.2, -0.15) is 5.10 Å². The first-order valence-electron chi connectivity index (χ1n) is 10.2. The van der Waals surface area contributed by atoms with Gasteiger partial charge in [0, 0.05) is 17.0 Å². The van der Waals surface area contributed by atoms with Crippen LogP contribution in [0.3, 0.4) is 0 Å². The largest absolute Gasteiger partial charge is 0.497 e. The minimum absolute atomic E-state index is 0.280. The number of rotatable bonds is 7. The Morgan fingerprint density at radius 2 is 1.78 bits per heavy atom. The molecule has 6 heteroatoms. The lowest BCUT2D eigenvalue weighted by Crippen LogP contribution is -2.15. The fourth-order valence-corrected chi connectivity index (χ4v) is 3.85. The van der Waals surface area contributed by atoms with Crippen molar-refractivity contribution in [2.45, 2.75) is 19.3 Å². The lowest BCUT2D eigenvalue weighted by Gasteiger charge is -2.12. The molecular formula is C26H23ClN2O3. The van der Waals surface area contributed by atoms with Crippen LogP contribution in [-0.2, 0) is 11.2 Å². The van der Waals surface area contributed by atoms with E-state index in [-0.39, 0.29) is 6.42 Å². The highest BCUT2D eigenvalue weighted by Gasteiger charge is 2.23. The van der Waals surface area contributed by atoms with E-state index in [1.165, 1.54) is 0 Å². The number of carbonyl (C=O) groups is 1. The van der Waals surface area contributed by atoms with E-state index in [2.05, 4.69) is 0 Å². The second-order valence-corrected chi connectivity index (χ2v) is 8.08. The molecule has 4 aromatic rings. The fourth-order valence-electron chi connectivity index (χ4n) is 3.72. The molecule has 1 aromatic heterocycles. The highest BCUT2D eigenvalue weighted by molar-refractivity contribution is 6.30. The van der Waals surface area contributed by atoms with E-state index in [4.69, 9.17) is 21.4 Å². The summed E-state index contributed by atoms with van der Waals surface area (Å²) in [7, 11) is 1.62. The maximum Gasteiger partial charge on any atom is 0.311 e. The van der Waals surface area contributed by atoms with Gasteiger partial charge >= 0.3 is 5.97 Å². The van der Waals surface area contributed by atoms with E-state index in [9.17, 15) is 9.90 Å². The van der Waals surface area contributed by atoms with Gasteiger partial charge in [0.2, 0.25) is 0 Å². The molecule has 1 N–H and O–H groups in total. The van der Waals surface area contributed by atoms with Crippen LogP contribution in [0.2, 0.25) is 5.02 Å².